The lowest BCUT2D eigenvalue weighted by Gasteiger charge is -2.20. The maximum Gasteiger partial charge on any atom is 0.412 e. The van der Waals surface area contributed by atoms with Gasteiger partial charge in [0.1, 0.15) is 17.0 Å². The minimum Gasteiger partial charge on any atom is -0.464 e. The maximum atomic E-state index is 11.8. The van der Waals surface area contributed by atoms with Crippen LogP contribution in [0.3, 0.4) is 0 Å². The first-order valence-electron chi connectivity index (χ1n) is 6.53. The van der Waals surface area contributed by atoms with Crippen molar-refractivity contribution in [2.24, 2.45) is 0 Å². The van der Waals surface area contributed by atoms with Crippen LogP contribution in [-0.4, -0.2) is 34.7 Å². The Morgan fingerprint density at radius 1 is 1.39 bits per heavy atom. The van der Waals surface area contributed by atoms with Gasteiger partial charge in [-0.2, -0.15) is 0 Å². The minimum atomic E-state index is -0.896. The molecule has 0 saturated carbocycles. The van der Waals surface area contributed by atoms with Gasteiger partial charge in [0, 0.05) is 18.3 Å². The van der Waals surface area contributed by atoms with Crippen LogP contribution in [0.15, 0.2) is 24.0 Å². The van der Waals surface area contributed by atoms with Crippen LogP contribution < -0.4 is 5.32 Å². The number of pyridine rings is 1. The number of methoxy groups -OCH3 is 1. The Bertz CT molecular complexity index is 648. The van der Waals surface area contributed by atoms with Crippen LogP contribution >= 0.6 is 0 Å². The number of amides is 1. The number of nitrogens with one attached hydrogen (secondary N) is 1. The number of nitro groups is 1. The Kier molecular flexibility index (Phi) is 5.77. The van der Waals surface area contributed by atoms with E-state index in [0.29, 0.717) is 0 Å². The molecular formula is C14H17N3O6. The number of hydrogen-bond acceptors (Lipinski definition) is 7. The Labute approximate surface area is 132 Å². The molecule has 1 aromatic heterocycles. The van der Waals surface area contributed by atoms with Gasteiger partial charge in [-0.15, -0.1) is 0 Å². The first-order valence-corrected chi connectivity index (χ1v) is 6.53. The zero-order valence-corrected chi connectivity index (χ0v) is 13.2. The Balaban J connectivity index is 3.15. The van der Waals surface area contributed by atoms with E-state index in [1.54, 1.807) is 20.8 Å². The second-order valence-electron chi connectivity index (χ2n) is 5.34. The van der Waals surface area contributed by atoms with E-state index in [-0.39, 0.29) is 17.1 Å². The predicted octanol–water partition coefficient (Wildman–Crippen LogP) is 2.03. The average Bonchev–Trinajstić information content (AvgIpc) is 2.44. The molecule has 0 bridgehead atoms. The summed E-state index contributed by atoms with van der Waals surface area (Å²) in [4.78, 5) is 37.6. The van der Waals surface area contributed by atoms with Gasteiger partial charge in [-0.05, 0) is 26.8 Å². The lowest BCUT2D eigenvalue weighted by atomic mass is 10.2. The summed E-state index contributed by atoms with van der Waals surface area (Å²) >= 11 is 0. The first kappa shape index (κ1) is 18.1. The Morgan fingerprint density at radius 3 is 2.57 bits per heavy atom. The third-order valence-electron chi connectivity index (χ3n) is 2.33. The summed E-state index contributed by atoms with van der Waals surface area (Å²) in [6, 6.07) is 2.61. The summed E-state index contributed by atoms with van der Waals surface area (Å²) in [6.45, 7) is 4.95. The van der Waals surface area contributed by atoms with Crippen molar-refractivity contribution < 1.29 is 24.0 Å². The Morgan fingerprint density at radius 2 is 2.04 bits per heavy atom. The van der Waals surface area contributed by atoms with Crippen molar-refractivity contribution in [3.63, 3.8) is 0 Å². The molecule has 0 spiro atoms. The summed E-state index contributed by atoms with van der Waals surface area (Å²) in [5, 5.41) is 13.2. The summed E-state index contributed by atoms with van der Waals surface area (Å²) in [5.74, 6) is -0.893. The van der Waals surface area contributed by atoms with Crippen molar-refractivity contribution in [1.82, 2.24) is 10.3 Å². The maximum absolute atomic E-state index is 11.8. The van der Waals surface area contributed by atoms with Gasteiger partial charge in [0.05, 0.1) is 12.0 Å². The molecule has 0 aromatic carbocycles. The van der Waals surface area contributed by atoms with Crippen molar-refractivity contribution in [1.29, 1.82) is 0 Å². The van der Waals surface area contributed by atoms with Gasteiger partial charge in [0.15, 0.2) is 0 Å². The van der Waals surface area contributed by atoms with E-state index in [1.165, 1.54) is 18.3 Å². The van der Waals surface area contributed by atoms with Crippen LogP contribution in [0, 0.1) is 10.1 Å². The fourth-order valence-electron chi connectivity index (χ4n) is 1.48. The third-order valence-corrected chi connectivity index (χ3v) is 2.33. The highest BCUT2D eigenvalue weighted by atomic mass is 16.6. The topological polar surface area (TPSA) is 121 Å². The molecule has 1 N–H and O–H groups in total. The fraction of sp³-hybridized carbons (Fsp3) is 0.357. The molecule has 9 heteroatoms. The van der Waals surface area contributed by atoms with E-state index in [0.717, 1.165) is 13.2 Å². The summed E-state index contributed by atoms with van der Waals surface area (Å²) in [5.41, 5.74) is -1.53. The summed E-state index contributed by atoms with van der Waals surface area (Å²) in [7, 11) is 1.11. The largest absolute Gasteiger partial charge is 0.464 e. The molecule has 1 rings (SSSR count). The van der Waals surface area contributed by atoms with E-state index >= 15 is 0 Å². The molecule has 1 aromatic rings. The van der Waals surface area contributed by atoms with Gasteiger partial charge in [-0.25, -0.2) is 14.6 Å². The molecule has 124 valence electrons. The van der Waals surface area contributed by atoms with Crippen molar-refractivity contribution in [2.75, 3.05) is 7.11 Å². The van der Waals surface area contributed by atoms with Gasteiger partial charge >= 0.3 is 12.1 Å². The lowest BCUT2D eigenvalue weighted by molar-refractivity contribution is -0.385. The highest BCUT2D eigenvalue weighted by Gasteiger charge is 2.22. The van der Waals surface area contributed by atoms with Crippen molar-refractivity contribution in [3.05, 3.63) is 39.8 Å². The van der Waals surface area contributed by atoms with Crippen LogP contribution in [0.5, 0.6) is 0 Å². The molecule has 23 heavy (non-hydrogen) atoms. The smallest absolute Gasteiger partial charge is 0.412 e. The average molecular weight is 323 g/mol. The van der Waals surface area contributed by atoms with Gasteiger partial charge in [0.2, 0.25) is 0 Å². The van der Waals surface area contributed by atoms with E-state index in [4.69, 9.17) is 4.74 Å². The molecule has 0 aliphatic rings. The first-order chi connectivity index (χ1) is 10.6. The van der Waals surface area contributed by atoms with E-state index in [1.807, 2.05) is 0 Å². The van der Waals surface area contributed by atoms with Crippen molar-refractivity contribution in [3.8, 4) is 0 Å². The molecular weight excluding hydrogens is 306 g/mol. The number of rotatable bonds is 4. The molecule has 0 radical (unpaired) electrons. The molecule has 0 fully saturated rings. The summed E-state index contributed by atoms with van der Waals surface area (Å²) < 4.78 is 9.57. The minimum absolute atomic E-state index is 0.103. The molecule has 0 saturated heterocycles. The monoisotopic (exact) mass is 323 g/mol. The Hall–Kier alpha value is -2.97. The highest BCUT2D eigenvalue weighted by molar-refractivity contribution is 5.97. The van der Waals surface area contributed by atoms with E-state index in [9.17, 15) is 19.7 Å². The van der Waals surface area contributed by atoms with E-state index in [2.05, 4.69) is 15.0 Å². The molecule has 1 amide bonds. The van der Waals surface area contributed by atoms with Gasteiger partial charge < -0.3 is 9.47 Å². The molecule has 9 nitrogen and oxygen atoms in total. The number of aromatic nitrogens is 1. The number of carbonyl (C=O) groups excluding carboxylic acids is 2. The van der Waals surface area contributed by atoms with Gasteiger partial charge in [-0.1, -0.05) is 0 Å². The predicted molar refractivity (Wildman–Crippen MR) is 80.3 cm³/mol. The van der Waals surface area contributed by atoms with E-state index < -0.39 is 22.6 Å². The standard InChI is InChI=1S/C14H17N3O6/c1-14(2,3)23-13(19)16-10(12(18)22-4)8-9-11(17(20)21)6-5-7-15-9/h5-8H,1-4H3,(H,16,19)/b10-8+. The zero-order chi connectivity index (χ0) is 17.6. The normalized spacial score (nSPS) is 11.6. The number of ether oxygens (including phenoxy) is 2. The molecule has 0 aliphatic heterocycles. The van der Waals surface area contributed by atoms with Crippen LogP contribution in [0.1, 0.15) is 26.5 Å². The second-order valence-corrected chi connectivity index (χ2v) is 5.34. The highest BCUT2D eigenvalue weighted by Crippen LogP contribution is 2.18. The zero-order valence-electron chi connectivity index (χ0n) is 13.2. The molecule has 1 heterocycles. The van der Waals surface area contributed by atoms with Crippen molar-refractivity contribution in [2.45, 2.75) is 26.4 Å². The van der Waals surface area contributed by atoms with Gasteiger partial charge in [0.25, 0.3) is 5.69 Å². The third kappa shape index (κ3) is 5.73. The van der Waals surface area contributed by atoms with Crippen LogP contribution in [0.2, 0.25) is 0 Å². The van der Waals surface area contributed by atoms with Crippen LogP contribution in [0.25, 0.3) is 6.08 Å². The van der Waals surface area contributed by atoms with Crippen LogP contribution in [0.4, 0.5) is 10.5 Å². The number of esters is 1. The molecule has 0 aliphatic carbocycles. The van der Waals surface area contributed by atoms with Crippen LogP contribution in [-0.2, 0) is 14.3 Å². The lowest BCUT2D eigenvalue weighted by Crippen LogP contribution is -2.34. The quantitative estimate of drug-likeness (QED) is 0.389. The molecule has 0 atom stereocenters. The summed E-state index contributed by atoms with van der Waals surface area (Å²) in [6.07, 6.45) is 1.47. The molecule has 0 unspecified atom stereocenters. The number of nitrogens with zero attached hydrogens (tertiary/aromatic N) is 2. The number of hydrogen-bond donors (Lipinski definition) is 1. The number of alkyl carbamates (subject to hydrolysis) is 1. The SMILES string of the molecule is COC(=O)/C(=C\c1ncccc1[N+](=O)[O-])NC(=O)OC(C)(C)C. The fourth-order valence-corrected chi connectivity index (χ4v) is 1.48. The second kappa shape index (κ2) is 7.34. The van der Waals surface area contributed by atoms with Gasteiger partial charge in [-0.3, -0.25) is 15.4 Å². The number of carbonyl (C=O) groups is 2. The van der Waals surface area contributed by atoms with Crippen molar-refractivity contribution >= 4 is 23.8 Å².